The van der Waals surface area contributed by atoms with Gasteiger partial charge in [-0.1, -0.05) is 0 Å². The topological polar surface area (TPSA) is 62.3 Å². The summed E-state index contributed by atoms with van der Waals surface area (Å²) in [6.07, 6.45) is 0.730. The highest BCUT2D eigenvalue weighted by molar-refractivity contribution is 5.95. The van der Waals surface area contributed by atoms with Crippen molar-refractivity contribution in [1.29, 1.82) is 5.41 Å². The molecule has 1 aliphatic rings. The SMILES string of the molecule is N=C(N)c1cc(F)c(N2CCCOCC2)c(F)c1. The van der Waals surface area contributed by atoms with Crippen molar-refractivity contribution < 1.29 is 13.5 Å². The summed E-state index contributed by atoms with van der Waals surface area (Å²) in [5.41, 5.74) is 5.21. The van der Waals surface area contributed by atoms with E-state index in [-0.39, 0.29) is 17.1 Å². The summed E-state index contributed by atoms with van der Waals surface area (Å²) in [6, 6.07) is 2.18. The third-order valence-corrected chi connectivity index (χ3v) is 2.87. The van der Waals surface area contributed by atoms with Crippen molar-refractivity contribution in [2.45, 2.75) is 6.42 Å². The van der Waals surface area contributed by atoms with Gasteiger partial charge in [-0.15, -0.1) is 0 Å². The van der Waals surface area contributed by atoms with E-state index in [1.807, 2.05) is 0 Å². The largest absolute Gasteiger partial charge is 0.384 e. The van der Waals surface area contributed by atoms with E-state index in [1.54, 1.807) is 4.90 Å². The third-order valence-electron chi connectivity index (χ3n) is 2.87. The second kappa shape index (κ2) is 5.30. The molecule has 18 heavy (non-hydrogen) atoms. The maximum absolute atomic E-state index is 13.9. The molecule has 4 nitrogen and oxygen atoms in total. The van der Waals surface area contributed by atoms with Crippen LogP contribution in [-0.4, -0.2) is 32.1 Å². The van der Waals surface area contributed by atoms with Gasteiger partial charge in [-0.05, 0) is 18.6 Å². The monoisotopic (exact) mass is 255 g/mol. The van der Waals surface area contributed by atoms with Crippen LogP contribution in [0.4, 0.5) is 14.5 Å². The molecule has 1 aromatic rings. The molecule has 1 aromatic carbocycles. The fourth-order valence-corrected chi connectivity index (χ4v) is 1.99. The van der Waals surface area contributed by atoms with Crippen LogP contribution in [0, 0.1) is 17.0 Å². The van der Waals surface area contributed by atoms with E-state index >= 15 is 0 Å². The lowest BCUT2D eigenvalue weighted by molar-refractivity contribution is 0.152. The predicted molar refractivity (Wildman–Crippen MR) is 65.0 cm³/mol. The zero-order valence-electron chi connectivity index (χ0n) is 9.88. The number of rotatable bonds is 2. The summed E-state index contributed by atoms with van der Waals surface area (Å²) in [5, 5.41) is 7.19. The van der Waals surface area contributed by atoms with Gasteiger partial charge in [0.05, 0.1) is 6.61 Å². The molecule has 1 saturated heterocycles. The van der Waals surface area contributed by atoms with Crippen LogP contribution in [0.2, 0.25) is 0 Å². The summed E-state index contributed by atoms with van der Waals surface area (Å²) in [7, 11) is 0. The van der Waals surface area contributed by atoms with Crippen LogP contribution >= 0.6 is 0 Å². The Bertz CT molecular complexity index is 434. The molecule has 0 spiro atoms. The van der Waals surface area contributed by atoms with Gasteiger partial charge in [0, 0.05) is 25.3 Å². The number of hydrogen-bond donors (Lipinski definition) is 2. The lowest BCUT2D eigenvalue weighted by Gasteiger charge is -2.23. The Hall–Kier alpha value is -1.69. The molecule has 1 aliphatic heterocycles. The van der Waals surface area contributed by atoms with E-state index < -0.39 is 11.6 Å². The molecular weight excluding hydrogens is 240 g/mol. The lowest BCUT2D eigenvalue weighted by Crippen LogP contribution is -2.28. The molecule has 1 fully saturated rings. The molecule has 0 unspecified atom stereocenters. The van der Waals surface area contributed by atoms with E-state index in [9.17, 15) is 8.78 Å². The second-order valence-electron chi connectivity index (χ2n) is 4.16. The number of amidine groups is 1. The minimum atomic E-state index is -0.692. The van der Waals surface area contributed by atoms with Crippen molar-refractivity contribution >= 4 is 11.5 Å². The number of nitrogen functional groups attached to an aromatic ring is 1. The van der Waals surface area contributed by atoms with Crippen LogP contribution in [0.25, 0.3) is 0 Å². The van der Waals surface area contributed by atoms with Crippen molar-refractivity contribution in [2.24, 2.45) is 5.73 Å². The first-order valence-corrected chi connectivity index (χ1v) is 5.75. The number of nitrogens with one attached hydrogen (secondary N) is 1. The zero-order valence-corrected chi connectivity index (χ0v) is 9.88. The van der Waals surface area contributed by atoms with E-state index in [0.717, 1.165) is 18.6 Å². The first-order valence-electron chi connectivity index (χ1n) is 5.75. The fraction of sp³-hybridized carbons (Fsp3) is 0.417. The van der Waals surface area contributed by atoms with Gasteiger partial charge in [-0.3, -0.25) is 5.41 Å². The van der Waals surface area contributed by atoms with Gasteiger partial charge in [0.15, 0.2) is 0 Å². The molecule has 0 bridgehead atoms. The Morgan fingerprint density at radius 3 is 2.50 bits per heavy atom. The summed E-state index contributed by atoms with van der Waals surface area (Å²) < 4.78 is 33.1. The minimum Gasteiger partial charge on any atom is -0.384 e. The smallest absolute Gasteiger partial charge is 0.150 e. The lowest BCUT2D eigenvalue weighted by atomic mass is 10.1. The fourth-order valence-electron chi connectivity index (χ4n) is 1.99. The number of benzene rings is 1. The van der Waals surface area contributed by atoms with Crippen LogP contribution in [0.15, 0.2) is 12.1 Å². The third kappa shape index (κ3) is 2.59. The van der Waals surface area contributed by atoms with Crippen molar-refractivity contribution in [3.05, 3.63) is 29.3 Å². The number of nitrogens with zero attached hydrogens (tertiary/aromatic N) is 1. The van der Waals surface area contributed by atoms with E-state index in [2.05, 4.69) is 0 Å². The number of nitrogens with two attached hydrogens (primary N) is 1. The zero-order chi connectivity index (χ0) is 13.1. The maximum atomic E-state index is 13.9. The maximum Gasteiger partial charge on any atom is 0.150 e. The molecule has 0 atom stereocenters. The second-order valence-corrected chi connectivity index (χ2v) is 4.16. The molecular formula is C12H15F2N3O. The van der Waals surface area contributed by atoms with Crippen molar-refractivity contribution in [2.75, 3.05) is 31.2 Å². The number of anilines is 1. The Morgan fingerprint density at radius 1 is 1.22 bits per heavy atom. The summed E-state index contributed by atoms with van der Waals surface area (Å²) >= 11 is 0. The van der Waals surface area contributed by atoms with Gasteiger partial charge >= 0.3 is 0 Å². The minimum absolute atomic E-state index is 0.0554. The first kappa shape index (κ1) is 12.8. The molecule has 2 rings (SSSR count). The van der Waals surface area contributed by atoms with Gasteiger partial charge in [0.1, 0.15) is 23.2 Å². The number of halogens is 2. The van der Waals surface area contributed by atoms with Crippen LogP contribution in [0.5, 0.6) is 0 Å². The number of ether oxygens (including phenoxy) is 1. The Morgan fingerprint density at radius 2 is 1.89 bits per heavy atom. The van der Waals surface area contributed by atoms with Crippen LogP contribution in [0.1, 0.15) is 12.0 Å². The molecule has 1 heterocycles. The highest BCUT2D eigenvalue weighted by Crippen LogP contribution is 2.25. The molecule has 3 N–H and O–H groups in total. The highest BCUT2D eigenvalue weighted by atomic mass is 19.1. The van der Waals surface area contributed by atoms with Gasteiger partial charge in [0.25, 0.3) is 0 Å². The molecule has 0 aromatic heterocycles. The van der Waals surface area contributed by atoms with Gasteiger partial charge in [-0.25, -0.2) is 8.78 Å². The van der Waals surface area contributed by atoms with Crippen LogP contribution in [-0.2, 0) is 4.74 Å². The molecule has 0 saturated carbocycles. The molecule has 0 radical (unpaired) electrons. The molecule has 0 amide bonds. The summed E-state index contributed by atoms with van der Waals surface area (Å²) in [4.78, 5) is 1.63. The predicted octanol–water partition coefficient (Wildman–Crippen LogP) is 1.48. The Kier molecular flexibility index (Phi) is 3.76. The molecule has 0 aliphatic carbocycles. The van der Waals surface area contributed by atoms with Crippen molar-refractivity contribution in [3.8, 4) is 0 Å². The summed E-state index contributed by atoms with van der Waals surface area (Å²) in [6.45, 7) is 2.05. The summed E-state index contributed by atoms with van der Waals surface area (Å²) in [5.74, 6) is -1.73. The van der Waals surface area contributed by atoms with E-state index in [0.29, 0.717) is 26.3 Å². The van der Waals surface area contributed by atoms with Gasteiger partial charge < -0.3 is 15.4 Å². The Balaban J connectivity index is 2.34. The molecule has 98 valence electrons. The average Bonchev–Trinajstić information content (AvgIpc) is 2.57. The van der Waals surface area contributed by atoms with Crippen LogP contribution < -0.4 is 10.6 Å². The average molecular weight is 255 g/mol. The van der Waals surface area contributed by atoms with Crippen molar-refractivity contribution in [3.63, 3.8) is 0 Å². The Labute approximate surface area is 104 Å². The molecule has 6 heteroatoms. The van der Waals surface area contributed by atoms with Crippen molar-refractivity contribution in [1.82, 2.24) is 0 Å². The quantitative estimate of drug-likeness (QED) is 0.621. The van der Waals surface area contributed by atoms with E-state index in [1.165, 1.54) is 0 Å². The first-order chi connectivity index (χ1) is 8.59. The normalized spacial score (nSPS) is 16.4. The van der Waals surface area contributed by atoms with Gasteiger partial charge in [0.2, 0.25) is 0 Å². The highest BCUT2D eigenvalue weighted by Gasteiger charge is 2.19. The van der Waals surface area contributed by atoms with Gasteiger partial charge in [-0.2, -0.15) is 0 Å². The number of hydrogen-bond acceptors (Lipinski definition) is 3. The van der Waals surface area contributed by atoms with E-state index in [4.69, 9.17) is 15.9 Å². The van der Waals surface area contributed by atoms with Crippen LogP contribution in [0.3, 0.4) is 0 Å². The standard InChI is InChI=1S/C12H15F2N3O/c13-9-6-8(12(15)16)7-10(14)11(9)17-2-1-4-18-5-3-17/h6-7H,1-5H2,(H3,15,16).